The molecule has 2 heterocycles. The number of aryl methyl sites for hydroxylation is 1. The smallest absolute Gasteiger partial charge is 0.344 e. The van der Waals surface area contributed by atoms with Crippen molar-refractivity contribution in [1.82, 2.24) is 4.98 Å². The number of benzene rings is 1. The monoisotopic (exact) mass is 371 g/mol. The molecule has 26 heavy (non-hydrogen) atoms. The van der Waals surface area contributed by atoms with Crippen LogP contribution in [0.3, 0.4) is 0 Å². The summed E-state index contributed by atoms with van der Waals surface area (Å²) >= 11 is 1.54. The van der Waals surface area contributed by atoms with Crippen LogP contribution in [0.1, 0.15) is 36.6 Å². The van der Waals surface area contributed by atoms with E-state index in [1.54, 1.807) is 0 Å². The van der Waals surface area contributed by atoms with Crippen LogP contribution in [0.5, 0.6) is 5.75 Å². The van der Waals surface area contributed by atoms with Crippen molar-refractivity contribution in [2.24, 2.45) is 0 Å². The predicted molar refractivity (Wildman–Crippen MR) is 100 cm³/mol. The van der Waals surface area contributed by atoms with Gasteiger partial charge in [0.2, 0.25) is 5.89 Å². The third kappa shape index (κ3) is 4.52. The molecule has 3 rings (SSSR count). The normalized spacial score (nSPS) is 10.9. The summed E-state index contributed by atoms with van der Waals surface area (Å²) in [7, 11) is 0. The highest BCUT2D eigenvalue weighted by Gasteiger charge is 2.11. The zero-order chi connectivity index (χ0) is 18.5. The molecule has 0 amide bonds. The van der Waals surface area contributed by atoms with Crippen molar-refractivity contribution >= 4 is 17.3 Å². The molecule has 0 saturated heterocycles. The molecule has 0 unspecified atom stereocenters. The molecule has 0 saturated carbocycles. The zero-order valence-electron chi connectivity index (χ0n) is 15.0. The lowest BCUT2D eigenvalue weighted by Crippen LogP contribution is -2.15. The second kappa shape index (κ2) is 8.19. The molecule has 0 aliphatic heterocycles. The number of nitrogens with zero attached hydrogens (tertiary/aromatic N) is 1. The maximum atomic E-state index is 11.9. The SMILES string of the molecule is Cc1cc(OCC(=O)OCc2coc(-c3cccs3)n2)ccc1C(C)C. The van der Waals surface area contributed by atoms with Gasteiger partial charge in [-0.3, -0.25) is 0 Å². The van der Waals surface area contributed by atoms with Crippen LogP contribution in [0, 0.1) is 6.92 Å². The van der Waals surface area contributed by atoms with E-state index in [1.807, 2.05) is 42.6 Å². The van der Waals surface area contributed by atoms with Crippen LogP contribution in [0.25, 0.3) is 10.8 Å². The Labute approximate surface area is 156 Å². The fourth-order valence-corrected chi connectivity index (χ4v) is 3.27. The Morgan fingerprint density at radius 2 is 2.15 bits per heavy atom. The minimum Gasteiger partial charge on any atom is -0.482 e. The maximum Gasteiger partial charge on any atom is 0.344 e. The Balaban J connectivity index is 1.48. The lowest BCUT2D eigenvalue weighted by molar-refractivity contribution is -0.147. The number of hydrogen-bond acceptors (Lipinski definition) is 6. The molecule has 0 spiro atoms. The van der Waals surface area contributed by atoms with Crippen LogP contribution in [0.4, 0.5) is 0 Å². The van der Waals surface area contributed by atoms with Gasteiger partial charge in [0.05, 0.1) is 4.88 Å². The van der Waals surface area contributed by atoms with Crippen LogP contribution < -0.4 is 4.74 Å². The van der Waals surface area contributed by atoms with Gasteiger partial charge in [-0.1, -0.05) is 26.0 Å². The third-order valence-electron chi connectivity index (χ3n) is 3.88. The van der Waals surface area contributed by atoms with Gasteiger partial charge >= 0.3 is 5.97 Å². The average molecular weight is 371 g/mol. The number of ether oxygens (including phenoxy) is 2. The number of oxazole rings is 1. The van der Waals surface area contributed by atoms with Crippen molar-refractivity contribution < 1.29 is 18.7 Å². The summed E-state index contributed by atoms with van der Waals surface area (Å²) < 4.78 is 16.1. The van der Waals surface area contributed by atoms with Gasteiger partial charge in [-0.25, -0.2) is 9.78 Å². The molecule has 3 aromatic rings. The highest BCUT2D eigenvalue weighted by atomic mass is 32.1. The lowest BCUT2D eigenvalue weighted by atomic mass is 9.98. The van der Waals surface area contributed by atoms with Crippen LogP contribution >= 0.6 is 11.3 Å². The number of carbonyl (C=O) groups is 1. The highest BCUT2D eigenvalue weighted by Crippen LogP contribution is 2.24. The summed E-state index contributed by atoms with van der Waals surface area (Å²) in [6.45, 7) is 6.25. The van der Waals surface area contributed by atoms with Gasteiger partial charge in [-0.2, -0.15) is 0 Å². The Bertz CT molecular complexity index is 868. The van der Waals surface area contributed by atoms with Crippen molar-refractivity contribution in [3.05, 3.63) is 58.8 Å². The van der Waals surface area contributed by atoms with Crippen molar-refractivity contribution in [2.45, 2.75) is 33.3 Å². The molecular weight excluding hydrogens is 350 g/mol. The van der Waals surface area contributed by atoms with Crippen LogP contribution in [-0.2, 0) is 16.1 Å². The molecule has 1 aromatic carbocycles. The van der Waals surface area contributed by atoms with Crippen LogP contribution in [-0.4, -0.2) is 17.6 Å². The van der Waals surface area contributed by atoms with Crippen LogP contribution in [0.2, 0.25) is 0 Å². The summed E-state index contributed by atoms with van der Waals surface area (Å²) in [6.07, 6.45) is 1.50. The molecule has 0 aliphatic rings. The van der Waals surface area contributed by atoms with E-state index in [9.17, 15) is 4.79 Å². The van der Waals surface area contributed by atoms with Crippen molar-refractivity contribution in [3.8, 4) is 16.5 Å². The Hall–Kier alpha value is -2.60. The number of carbonyl (C=O) groups excluding carboxylic acids is 1. The molecule has 0 bridgehead atoms. The second-order valence-electron chi connectivity index (χ2n) is 6.24. The topological polar surface area (TPSA) is 61.6 Å². The highest BCUT2D eigenvalue weighted by molar-refractivity contribution is 7.13. The van der Waals surface area contributed by atoms with E-state index in [-0.39, 0.29) is 13.2 Å². The van der Waals surface area contributed by atoms with Gasteiger partial charge in [0.25, 0.3) is 0 Å². The summed E-state index contributed by atoms with van der Waals surface area (Å²) in [5, 5.41) is 1.95. The van der Waals surface area contributed by atoms with E-state index < -0.39 is 5.97 Å². The predicted octanol–water partition coefficient (Wildman–Crippen LogP) is 4.96. The Morgan fingerprint density at radius 3 is 2.85 bits per heavy atom. The first kappa shape index (κ1) is 18.2. The quantitative estimate of drug-likeness (QED) is 0.550. The molecule has 0 fully saturated rings. The summed E-state index contributed by atoms with van der Waals surface area (Å²) in [5.41, 5.74) is 2.99. The molecule has 5 nitrogen and oxygen atoms in total. The lowest BCUT2D eigenvalue weighted by Gasteiger charge is -2.12. The molecule has 0 aliphatic carbocycles. The summed E-state index contributed by atoms with van der Waals surface area (Å²) in [4.78, 5) is 17.1. The van der Waals surface area contributed by atoms with Crippen molar-refractivity contribution in [3.63, 3.8) is 0 Å². The number of aromatic nitrogens is 1. The average Bonchev–Trinajstić information content (AvgIpc) is 3.29. The van der Waals surface area contributed by atoms with Gasteiger partial charge in [-0.05, 0) is 47.5 Å². The van der Waals surface area contributed by atoms with Gasteiger partial charge in [0, 0.05) is 0 Å². The van der Waals surface area contributed by atoms with Crippen molar-refractivity contribution in [1.29, 1.82) is 0 Å². The fourth-order valence-electron chi connectivity index (χ4n) is 2.61. The van der Waals surface area contributed by atoms with E-state index >= 15 is 0 Å². The van der Waals surface area contributed by atoms with Gasteiger partial charge < -0.3 is 13.9 Å². The van der Waals surface area contributed by atoms with Crippen LogP contribution in [0.15, 0.2) is 46.4 Å². The molecule has 6 heteroatoms. The van der Waals surface area contributed by atoms with E-state index in [1.165, 1.54) is 23.2 Å². The number of esters is 1. The van der Waals surface area contributed by atoms with E-state index in [0.717, 1.165) is 10.4 Å². The van der Waals surface area contributed by atoms with Gasteiger partial charge in [0.1, 0.15) is 24.3 Å². The fraction of sp³-hybridized carbons (Fsp3) is 0.300. The first-order valence-electron chi connectivity index (χ1n) is 8.40. The molecule has 136 valence electrons. The van der Waals surface area contributed by atoms with Gasteiger partial charge in [-0.15, -0.1) is 11.3 Å². The first-order chi connectivity index (χ1) is 12.5. The standard InChI is InChI=1S/C20H21NO4S/c1-13(2)17-7-6-16(9-14(17)3)23-12-19(22)24-10-15-11-25-20(21-15)18-5-4-8-26-18/h4-9,11,13H,10,12H2,1-3H3. The molecule has 0 N–H and O–H groups in total. The molecule has 0 atom stereocenters. The summed E-state index contributed by atoms with van der Waals surface area (Å²) in [5.74, 6) is 1.19. The number of thiophene rings is 1. The number of rotatable bonds is 7. The molecular formula is C20H21NO4S. The molecule has 2 aromatic heterocycles. The number of hydrogen-bond donors (Lipinski definition) is 0. The molecule has 0 radical (unpaired) electrons. The Kier molecular flexibility index (Phi) is 5.73. The summed E-state index contributed by atoms with van der Waals surface area (Å²) in [6, 6.07) is 9.69. The van der Waals surface area contributed by atoms with E-state index in [4.69, 9.17) is 13.9 Å². The Morgan fingerprint density at radius 1 is 1.31 bits per heavy atom. The largest absolute Gasteiger partial charge is 0.482 e. The minimum absolute atomic E-state index is 0.0579. The van der Waals surface area contributed by atoms with Crippen molar-refractivity contribution in [2.75, 3.05) is 6.61 Å². The second-order valence-corrected chi connectivity index (χ2v) is 7.19. The zero-order valence-corrected chi connectivity index (χ0v) is 15.8. The third-order valence-corrected chi connectivity index (χ3v) is 4.74. The minimum atomic E-state index is -0.448. The maximum absolute atomic E-state index is 11.9. The van der Waals surface area contributed by atoms with E-state index in [2.05, 4.69) is 18.8 Å². The first-order valence-corrected chi connectivity index (χ1v) is 9.28. The van der Waals surface area contributed by atoms with E-state index in [0.29, 0.717) is 23.3 Å². The van der Waals surface area contributed by atoms with Gasteiger partial charge in [0.15, 0.2) is 6.61 Å².